The highest BCUT2D eigenvalue weighted by atomic mass is 16.5. The number of aromatic nitrogens is 1. The molecule has 0 atom stereocenters. The van der Waals surface area contributed by atoms with Crippen LogP contribution in [-0.2, 0) is 0 Å². The summed E-state index contributed by atoms with van der Waals surface area (Å²) < 4.78 is 5.10. The molecule has 0 radical (unpaired) electrons. The van der Waals surface area contributed by atoms with Gasteiger partial charge in [-0.3, -0.25) is 0 Å². The van der Waals surface area contributed by atoms with Crippen molar-refractivity contribution >= 4 is 22.3 Å². The zero-order valence-electron chi connectivity index (χ0n) is 10.5. The summed E-state index contributed by atoms with van der Waals surface area (Å²) in [5.41, 5.74) is 2.70. The van der Waals surface area contributed by atoms with Crippen LogP contribution in [0, 0.1) is 0 Å². The number of hydrogen-bond donors (Lipinski definition) is 1. The van der Waals surface area contributed by atoms with E-state index in [0.29, 0.717) is 0 Å². The molecule has 0 fully saturated rings. The Bertz CT molecular complexity index is 714. The van der Waals surface area contributed by atoms with Gasteiger partial charge in [-0.15, -0.1) is 5.11 Å². The number of fused-ring (bicyclic) bond motifs is 1. The second-order valence-electron chi connectivity index (χ2n) is 4.12. The fraction of sp³-hybridized carbons (Fsp3) is 0.0667. The third-order valence-electron chi connectivity index (χ3n) is 2.91. The molecule has 4 nitrogen and oxygen atoms in total. The van der Waals surface area contributed by atoms with Gasteiger partial charge in [0.1, 0.15) is 11.4 Å². The van der Waals surface area contributed by atoms with E-state index in [1.165, 1.54) is 0 Å². The molecule has 94 valence electrons. The highest BCUT2D eigenvalue weighted by Gasteiger charge is 2.00. The normalized spacial score (nSPS) is 11.2. The molecule has 1 N–H and O–H groups in total. The number of azo groups is 1. The quantitative estimate of drug-likeness (QED) is 0.680. The first-order valence-electron chi connectivity index (χ1n) is 5.99. The number of ether oxygens (including phenoxy) is 1. The SMILES string of the molecule is COc1ccc(N=Nc2c[nH]c3ccccc23)cc1. The first-order chi connectivity index (χ1) is 9.36. The highest BCUT2D eigenvalue weighted by molar-refractivity contribution is 5.90. The van der Waals surface area contributed by atoms with Gasteiger partial charge >= 0.3 is 0 Å². The zero-order chi connectivity index (χ0) is 13.1. The molecule has 2 aromatic carbocycles. The molecule has 0 unspecified atom stereocenters. The molecule has 1 aromatic heterocycles. The average Bonchev–Trinajstić information content (AvgIpc) is 2.89. The molecule has 4 heteroatoms. The van der Waals surface area contributed by atoms with Crippen molar-refractivity contribution in [1.82, 2.24) is 4.98 Å². The minimum Gasteiger partial charge on any atom is -0.497 e. The van der Waals surface area contributed by atoms with Crippen molar-refractivity contribution < 1.29 is 4.74 Å². The molecule has 3 rings (SSSR count). The molecule has 0 spiro atoms. The van der Waals surface area contributed by atoms with Crippen LogP contribution in [0.15, 0.2) is 65.0 Å². The van der Waals surface area contributed by atoms with Gasteiger partial charge in [-0.25, -0.2) is 0 Å². The number of aromatic amines is 1. The number of para-hydroxylation sites is 1. The largest absolute Gasteiger partial charge is 0.497 e. The van der Waals surface area contributed by atoms with Crippen LogP contribution < -0.4 is 4.74 Å². The number of benzene rings is 2. The molecule has 1 heterocycles. The maximum Gasteiger partial charge on any atom is 0.119 e. The van der Waals surface area contributed by atoms with E-state index in [2.05, 4.69) is 15.2 Å². The Balaban J connectivity index is 1.89. The molecule has 0 saturated carbocycles. The van der Waals surface area contributed by atoms with Gasteiger partial charge in [-0.05, 0) is 30.3 Å². The van der Waals surface area contributed by atoms with E-state index in [1.807, 2.05) is 54.7 Å². The van der Waals surface area contributed by atoms with E-state index in [-0.39, 0.29) is 0 Å². The summed E-state index contributed by atoms with van der Waals surface area (Å²) in [6.07, 6.45) is 1.86. The fourth-order valence-electron chi connectivity index (χ4n) is 1.90. The number of H-pyrrole nitrogens is 1. The topological polar surface area (TPSA) is 49.7 Å². The van der Waals surface area contributed by atoms with Gasteiger partial charge in [-0.2, -0.15) is 5.11 Å². The monoisotopic (exact) mass is 251 g/mol. The Morgan fingerprint density at radius 1 is 0.947 bits per heavy atom. The summed E-state index contributed by atoms with van der Waals surface area (Å²) in [5, 5.41) is 9.57. The fourth-order valence-corrected chi connectivity index (χ4v) is 1.90. The second kappa shape index (κ2) is 4.94. The molecule has 0 aliphatic carbocycles. The van der Waals surface area contributed by atoms with E-state index >= 15 is 0 Å². The molecular weight excluding hydrogens is 238 g/mol. The van der Waals surface area contributed by atoms with Crippen LogP contribution >= 0.6 is 0 Å². The van der Waals surface area contributed by atoms with Crippen molar-refractivity contribution in [2.24, 2.45) is 10.2 Å². The van der Waals surface area contributed by atoms with Gasteiger partial charge in [-0.1, -0.05) is 18.2 Å². The van der Waals surface area contributed by atoms with E-state index in [0.717, 1.165) is 28.0 Å². The number of nitrogens with one attached hydrogen (secondary N) is 1. The standard InChI is InChI=1S/C15H13N3O/c1-19-12-8-6-11(7-9-12)17-18-15-10-16-14-5-3-2-4-13(14)15/h2-10,16H,1H3. The molecular formula is C15H13N3O. The van der Waals surface area contributed by atoms with Crippen molar-refractivity contribution in [1.29, 1.82) is 0 Å². The second-order valence-corrected chi connectivity index (χ2v) is 4.12. The minimum atomic E-state index is 0.797. The Morgan fingerprint density at radius 3 is 2.53 bits per heavy atom. The first kappa shape index (κ1) is 11.5. The average molecular weight is 251 g/mol. The predicted molar refractivity (Wildman–Crippen MR) is 75.5 cm³/mol. The maximum absolute atomic E-state index is 5.10. The molecule has 0 amide bonds. The lowest BCUT2D eigenvalue weighted by atomic mass is 10.2. The molecule has 0 saturated heterocycles. The summed E-state index contributed by atoms with van der Waals surface area (Å²) >= 11 is 0. The number of hydrogen-bond acceptors (Lipinski definition) is 3. The van der Waals surface area contributed by atoms with E-state index in [1.54, 1.807) is 7.11 Å². The molecule has 0 aliphatic heterocycles. The van der Waals surface area contributed by atoms with Gasteiger partial charge in [0, 0.05) is 17.1 Å². The number of rotatable bonds is 3. The van der Waals surface area contributed by atoms with Gasteiger partial charge < -0.3 is 9.72 Å². The lowest BCUT2D eigenvalue weighted by Crippen LogP contribution is -1.79. The molecule has 3 aromatic rings. The van der Waals surface area contributed by atoms with Gasteiger partial charge in [0.25, 0.3) is 0 Å². The highest BCUT2D eigenvalue weighted by Crippen LogP contribution is 2.27. The van der Waals surface area contributed by atoms with E-state index in [4.69, 9.17) is 4.74 Å². The van der Waals surface area contributed by atoms with Crippen molar-refractivity contribution in [3.63, 3.8) is 0 Å². The lowest BCUT2D eigenvalue weighted by molar-refractivity contribution is 0.415. The summed E-state index contributed by atoms with van der Waals surface area (Å²) in [6, 6.07) is 15.5. The summed E-state index contributed by atoms with van der Waals surface area (Å²) in [5.74, 6) is 0.811. The van der Waals surface area contributed by atoms with Gasteiger partial charge in [0.05, 0.1) is 12.8 Å². The molecule has 19 heavy (non-hydrogen) atoms. The smallest absolute Gasteiger partial charge is 0.119 e. The Kier molecular flexibility index (Phi) is 2.98. The third-order valence-corrected chi connectivity index (χ3v) is 2.91. The molecule has 0 aliphatic rings. The van der Waals surface area contributed by atoms with Crippen LogP contribution in [0.1, 0.15) is 0 Å². The van der Waals surface area contributed by atoms with Crippen molar-refractivity contribution in [3.8, 4) is 5.75 Å². The van der Waals surface area contributed by atoms with Crippen LogP contribution in [0.2, 0.25) is 0 Å². The van der Waals surface area contributed by atoms with Gasteiger partial charge in [0.2, 0.25) is 0 Å². The van der Waals surface area contributed by atoms with Crippen LogP contribution in [0.4, 0.5) is 11.4 Å². The Labute approximate surface area is 110 Å². The zero-order valence-corrected chi connectivity index (χ0v) is 10.5. The lowest BCUT2D eigenvalue weighted by Gasteiger charge is -1.97. The van der Waals surface area contributed by atoms with Crippen LogP contribution in [0.5, 0.6) is 5.75 Å². The van der Waals surface area contributed by atoms with Crippen LogP contribution in [0.3, 0.4) is 0 Å². The van der Waals surface area contributed by atoms with E-state index in [9.17, 15) is 0 Å². The number of nitrogens with zero attached hydrogens (tertiary/aromatic N) is 2. The molecule has 0 bridgehead atoms. The minimum absolute atomic E-state index is 0.797. The Hall–Kier alpha value is -2.62. The van der Waals surface area contributed by atoms with Crippen LogP contribution in [0.25, 0.3) is 10.9 Å². The Morgan fingerprint density at radius 2 is 1.74 bits per heavy atom. The third kappa shape index (κ3) is 2.33. The number of methoxy groups -OCH3 is 1. The summed E-state index contributed by atoms with van der Waals surface area (Å²) in [7, 11) is 1.64. The first-order valence-corrected chi connectivity index (χ1v) is 5.99. The van der Waals surface area contributed by atoms with Crippen molar-refractivity contribution in [3.05, 3.63) is 54.7 Å². The van der Waals surface area contributed by atoms with Gasteiger partial charge in [0.15, 0.2) is 0 Å². The van der Waals surface area contributed by atoms with Crippen LogP contribution in [-0.4, -0.2) is 12.1 Å². The van der Waals surface area contributed by atoms with Crippen molar-refractivity contribution in [2.75, 3.05) is 7.11 Å². The summed E-state index contributed by atoms with van der Waals surface area (Å²) in [6.45, 7) is 0. The van der Waals surface area contributed by atoms with Crippen molar-refractivity contribution in [2.45, 2.75) is 0 Å². The predicted octanol–water partition coefficient (Wildman–Crippen LogP) is 4.59. The van der Waals surface area contributed by atoms with E-state index < -0.39 is 0 Å². The maximum atomic E-state index is 5.10. The summed E-state index contributed by atoms with van der Waals surface area (Å²) in [4.78, 5) is 3.17.